The monoisotopic (exact) mass is 494 g/mol. The Balaban J connectivity index is 2.17. The van der Waals surface area contributed by atoms with Crippen LogP contribution in [0.15, 0.2) is 35.3 Å². The molecule has 0 heterocycles. The summed E-state index contributed by atoms with van der Waals surface area (Å²) in [6.45, 7) is -0.0911. The van der Waals surface area contributed by atoms with Crippen LogP contribution in [0.1, 0.15) is 24.0 Å². The van der Waals surface area contributed by atoms with E-state index in [0.717, 1.165) is 5.56 Å². The van der Waals surface area contributed by atoms with Crippen LogP contribution in [0.5, 0.6) is 0 Å². The molecule has 2 aromatic carbocycles. The summed E-state index contributed by atoms with van der Waals surface area (Å²) in [7, 11) is 42.3. The lowest BCUT2D eigenvalue weighted by atomic mass is 9.45. The van der Waals surface area contributed by atoms with E-state index in [1.807, 2.05) is 30.3 Å². The van der Waals surface area contributed by atoms with E-state index in [1.165, 1.54) is 0 Å². The first-order valence-corrected chi connectivity index (χ1v) is 11.8. The highest BCUT2D eigenvalue weighted by atomic mass is 16.2. The fourth-order valence-corrected chi connectivity index (χ4v) is 3.81. The second-order valence-electron chi connectivity index (χ2n) is 9.01. The number of guanidine groups is 1. The molecular formula is C23H25B7N6O2. The van der Waals surface area contributed by atoms with Gasteiger partial charge in [-0.25, -0.2) is 0 Å². The van der Waals surface area contributed by atoms with E-state index in [9.17, 15) is 9.59 Å². The standard InChI is InChI=1S/C23H25B7N6O2/c24-15-14(16(25)18(27)19(28)17(15)26)23(29,30)10-35-21(38)13(7-4-8-34-22(32)33)36-20(37)12(31)9-11-5-2-1-3-6-11/h1-3,5-6,12-13H,4,7-10,31H2,(H,35,38)(H,36,37)(H4,32,33,34)/t12-,13+/m0/s1. The molecular weight excluding hydrogens is 468 g/mol. The molecule has 180 valence electrons. The van der Waals surface area contributed by atoms with Crippen LogP contribution in [0.3, 0.4) is 0 Å². The Morgan fingerprint density at radius 1 is 0.895 bits per heavy atom. The third-order valence-electron chi connectivity index (χ3n) is 5.93. The molecule has 0 aliphatic carbocycles. The van der Waals surface area contributed by atoms with Crippen molar-refractivity contribution in [3.8, 4) is 0 Å². The molecule has 8 nitrogen and oxygen atoms in total. The van der Waals surface area contributed by atoms with Gasteiger partial charge in [-0.3, -0.25) is 14.6 Å². The van der Waals surface area contributed by atoms with Gasteiger partial charge in [0.15, 0.2) is 5.96 Å². The number of aliphatic imine (C=N–C) groups is 1. The van der Waals surface area contributed by atoms with Crippen LogP contribution in [0, 0.1) is 0 Å². The molecule has 0 spiro atoms. The predicted octanol–water partition coefficient (Wildman–Crippen LogP) is -6.63. The summed E-state index contributed by atoms with van der Waals surface area (Å²) >= 11 is 0. The molecule has 0 saturated carbocycles. The smallest absolute Gasteiger partial charge is 0.242 e. The van der Waals surface area contributed by atoms with Crippen molar-refractivity contribution in [1.82, 2.24) is 10.6 Å². The summed E-state index contributed by atoms with van der Waals surface area (Å²) in [5.74, 6) is -1.19. The third-order valence-corrected chi connectivity index (χ3v) is 5.93. The predicted molar refractivity (Wildman–Crippen MR) is 160 cm³/mol. The van der Waals surface area contributed by atoms with E-state index in [2.05, 4.69) is 15.6 Å². The zero-order valence-corrected chi connectivity index (χ0v) is 21.1. The van der Waals surface area contributed by atoms with Crippen LogP contribution in [-0.4, -0.2) is 97.9 Å². The molecule has 2 aromatic rings. The van der Waals surface area contributed by atoms with Crippen molar-refractivity contribution in [3.05, 3.63) is 41.5 Å². The molecule has 38 heavy (non-hydrogen) atoms. The minimum atomic E-state index is -1.78. The Morgan fingerprint density at radius 2 is 1.45 bits per heavy atom. The molecule has 2 atom stereocenters. The van der Waals surface area contributed by atoms with Gasteiger partial charge in [0, 0.05) is 13.1 Å². The highest BCUT2D eigenvalue weighted by molar-refractivity contribution is 6.68. The molecule has 0 saturated heterocycles. The van der Waals surface area contributed by atoms with Crippen molar-refractivity contribution in [3.63, 3.8) is 0 Å². The van der Waals surface area contributed by atoms with Gasteiger partial charge in [-0.15, -0.1) is 27.3 Å². The highest BCUT2D eigenvalue weighted by Gasteiger charge is 2.28. The largest absolute Gasteiger partial charge is 0.370 e. The van der Waals surface area contributed by atoms with Crippen molar-refractivity contribution in [2.75, 3.05) is 13.1 Å². The molecule has 14 radical (unpaired) electrons. The van der Waals surface area contributed by atoms with Crippen LogP contribution >= 0.6 is 0 Å². The fraction of sp³-hybridized carbons (Fsp3) is 0.348. The van der Waals surface area contributed by atoms with E-state index < -0.39 is 29.1 Å². The van der Waals surface area contributed by atoms with E-state index >= 15 is 0 Å². The summed E-state index contributed by atoms with van der Waals surface area (Å²) in [5.41, 5.74) is 17.5. The van der Waals surface area contributed by atoms with Gasteiger partial charge in [0.05, 0.1) is 21.7 Å². The van der Waals surface area contributed by atoms with Crippen LogP contribution in [0.25, 0.3) is 0 Å². The van der Waals surface area contributed by atoms with Gasteiger partial charge < -0.3 is 27.8 Å². The van der Waals surface area contributed by atoms with E-state index in [0.29, 0.717) is 6.42 Å². The van der Waals surface area contributed by atoms with Gasteiger partial charge in [-0.2, -0.15) is 0 Å². The van der Waals surface area contributed by atoms with Crippen LogP contribution in [-0.2, 0) is 21.2 Å². The lowest BCUT2D eigenvalue weighted by molar-refractivity contribution is -0.129. The van der Waals surface area contributed by atoms with Gasteiger partial charge in [-0.1, -0.05) is 41.1 Å². The van der Waals surface area contributed by atoms with Crippen molar-refractivity contribution in [2.45, 2.75) is 36.6 Å². The third kappa shape index (κ3) is 8.28. The zero-order valence-electron chi connectivity index (χ0n) is 21.1. The van der Waals surface area contributed by atoms with Gasteiger partial charge >= 0.3 is 0 Å². The first kappa shape index (κ1) is 31.3. The Bertz CT molecular complexity index is 1150. The number of hydrogen-bond acceptors (Lipinski definition) is 4. The van der Waals surface area contributed by atoms with E-state index in [1.54, 1.807) is 0 Å². The van der Waals surface area contributed by atoms with Crippen LogP contribution < -0.4 is 55.1 Å². The molecule has 2 amide bonds. The second kappa shape index (κ2) is 13.7. The molecule has 0 bridgehead atoms. The van der Waals surface area contributed by atoms with E-state index in [-0.39, 0.29) is 64.8 Å². The quantitative estimate of drug-likeness (QED) is 0.0864. The van der Waals surface area contributed by atoms with Crippen molar-refractivity contribution >= 4 is 100 Å². The normalized spacial score (nSPS) is 12.8. The summed E-state index contributed by atoms with van der Waals surface area (Å²) < 4.78 is 0. The van der Waals surface area contributed by atoms with Crippen LogP contribution in [0.2, 0.25) is 0 Å². The summed E-state index contributed by atoms with van der Waals surface area (Å²) in [5, 5.41) is 3.51. The van der Waals surface area contributed by atoms with Gasteiger partial charge in [0.2, 0.25) is 11.8 Å². The average molecular weight is 493 g/mol. The number of amides is 2. The maximum atomic E-state index is 13.1. The zero-order chi connectivity index (χ0) is 28.6. The summed E-state index contributed by atoms with van der Waals surface area (Å²) in [6, 6.07) is 7.35. The fourth-order valence-electron chi connectivity index (χ4n) is 3.81. The molecule has 0 aliphatic rings. The Labute approximate surface area is 233 Å². The molecule has 2 rings (SSSR count). The SMILES string of the molecule is [B]c1c([B])c([B])c(C([B])([B])CNC(=O)[C@@H](CCCN=C(N)N)NC(=O)[C@@H](N)Cc2ccccc2)c([B])c1[B]. The molecule has 0 fully saturated rings. The Kier molecular flexibility index (Phi) is 11.3. The van der Waals surface area contributed by atoms with Crippen molar-refractivity contribution < 1.29 is 9.59 Å². The molecule has 8 N–H and O–H groups in total. The van der Waals surface area contributed by atoms with Crippen molar-refractivity contribution in [2.24, 2.45) is 22.2 Å². The minimum absolute atomic E-state index is 0.000946. The Hall–Kier alpha value is -2.94. The number of nitrogens with two attached hydrogens (primary N) is 3. The maximum absolute atomic E-state index is 13.1. The van der Waals surface area contributed by atoms with Crippen molar-refractivity contribution in [1.29, 1.82) is 0 Å². The van der Waals surface area contributed by atoms with E-state index in [4.69, 9.17) is 72.1 Å². The first-order chi connectivity index (χ1) is 17.8. The van der Waals surface area contributed by atoms with Gasteiger partial charge in [0.1, 0.15) is 45.3 Å². The number of rotatable bonds is 12. The number of nitrogens with zero attached hydrogens (tertiary/aromatic N) is 1. The molecule has 0 aromatic heterocycles. The lowest BCUT2D eigenvalue weighted by Gasteiger charge is -2.35. The topological polar surface area (TPSA) is 149 Å². The number of hydrogen-bond donors (Lipinski definition) is 5. The minimum Gasteiger partial charge on any atom is -0.370 e. The number of benzene rings is 2. The Morgan fingerprint density at radius 3 is 2.00 bits per heavy atom. The second-order valence-corrected chi connectivity index (χ2v) is 9.01. The first-order valence-electron chi connectivity index (χ1n) is 11.8. The summed E-state index contributed by atoms with van der Waals surface area (Å²) in [6.07, 6.45) is 0.856. The number of carbonyl (C=O) groups excluding carboxylic acids is 2. The highest BCUT2D eigenvalue weighted by Crippen LogP contribution is 2.11. The molecule has 0 unspecified atom stereocenters. The van der Waals surface area contributed by atoms with Crippen LogP contribution in [0.4, 0.5) is 0 Å². The number of nitrogens with one attached hydrogen (secondary N) is 2. The van der Waals surface area contributed by atoms with Gasteiger partial charge in [0.25, 0.3) is 0 Å². The lowest BCUT2D eigenvalue weighted by Crippen LogP contribution is -2.61. The molecule has 15 heteroatoms. The maximum Gasteiger partial charge on any atom is 0.242 e. The molecule has 0 aliphatic heterocycles. The average Bonchev–Trinajstić information content (AvgIpc) is 2.86. The summed E-state index contributed by atoms with van der Waals surface area (Å²) in [4.78, 5) is 29.8. The number of carbonyl (C=O) groups is 2. The van der Waals surface area contributed by atoms with Gasteiger partial charge in [-0.05, 0) is 24.8 Å².